The Morgan fingerprint density at radius 3 is 2.59 bits per heavy atom. The number of aromatic amines is 1. The van der Waals surface area contributed by atoms with Crippen molar-refractivity contribution in [3.63, 3.8) is 0 Å². The van der Waals surface area contributed by atoms with Crippen molar-refractivity contribution in [1.29, 1.82) is 0 Å². The molecule has 0 amide bonds. The molecule has 0 aliphatic rings. The highest BCUT2D eigenvalue weighted by Gasteiger charge is 2.13. The molecule has 0 atom stereocenters. The molecule has 3 nitrogen and oxygen atoms in total. The summed E-state index contributed by atoms with van der Waals surface area (Å²) in [4.78, 5) is 3.51. The van der Waals surface area contributed by atoms with E-state index in [0.29, 0.717) is 11.3 Å². The van der Waals surface area contributed by atoms with Crippen LogP contribution in [0.25, 0.3) is 10.9 Å². The normalized spacial score (nSPS) is 12.0. The molecule has 1 heterocycles. The molecule has 0 saturated heterocycles. The fourth-order valence-corrected chi connectivity index (χ4v) is 3.33. The maximum absolute atomic E-state index is 13.3. The number of hydrogen-bond acceptors (Lipinski definition) is 2. The van der Waals surface area contributed by atoms with Crippen molar-refractivity contribution >= 4 is 20.7 Å². The van der Waals surface area contributed by atoms with Crippen LogP contribution in [0.4, 0.5) is 4.39 Å². The van der Waals surface area contributed by atoms with Crippen molar-refractivity contribution in [3.05, 3.63) is 65.1 Å². The van der Waals surface area contributed by atoms with Gasteiger partial charge in [0, 0.05) is 22.9 Å². The first-order valence-electron chi connectivity index (χ1n) is 6.90. The van der Waals surface area contributed by atoms with Crippen LogP contribution in [0.3, 0.4) is 0 Å². The number of aromatic nitrogens is 1. The molecule has 2 aromatic carbocycles. The first-order valence-corrected chi connectivity index (χ1v) is 8.79. The molecule has 0 radical (unpaired) electrons. The third-order valence-electron chi connectivity index (χ3n) is 3.79. The number of sulfone groups is 1. The summed E-state index contributed by atoms with van der Waals surface area (Å²) in [5.74, 6) is -0.255. The van der Waals surface area contributed by atoms with Gasteiger partial charge < -0.3 is 4.98 Å². The molecule has 0 bridgehead atoms. The van der Waals surface area contributed by atoms with Gasteiger partial charge in [0.2, 0.25) is 0 Å². The highest BCUT2D eigenvalue weighted by Crippen LogP contribution is 2.27. The van der Waals surface area contributed by atoms with Gasteiger partial charge in [0.05, 0.1) is 4.90 Å². The Hall–Kier alpha value is -2.14. The van der Waals surface area contributed by atoms with E-state index in [2.05, 4.69) is 4.98 Å². The minimum atomic E-state index is -3.23. The lowest BCUT2D eigenvalue weighted by Gasteiger charge is -2.03. The zero-order valence-corrected chi connectivity index (χ0v) is 13.2. The van der Waals surface area contributed by atoms with E-state index in [4.69, 9.17) is 0 Å². The summed E-state index contributed by atoms with van der Waals surface area (Å²) in [5, 5.41) is 0.967. The van der Waals surface area contributed by atoms with Crippen LogP contribution in [0.5, 0.6) is 0 Å². The summed E-state index contributed by atoms with van der Waals surface area (Å²) >= 11 is 0. The Labute approximate surface area is 128 Å². The van der Waals surface area contributed by atoms with Gasteiger partial charge in [-0.3, -0.25) is 0 Å². The summed E-state index contributed by atoms with van der Waals surface area (Å²) in [7, 11) is -3.23. The third kappa shape index (κ3) is 2.76. The molecule has 0 fully saturated rings. The fraction of sp³-hybridized carbons (Fsp3) is 0.176. The second-order valence-corrected chi connectivity index (χ2v) is 7.53. The van der Waals surface area contributed by atoms with Crippen molar-refractivity contribution in [3.8, 4) is 0 Å². The average Bonchev–Trinajstić information content (AvgIpc) is 2.73. The lowest BCUT2D eigenvalue weighted by Crippen LogP contribution is -1.96. The van der Waals surface area contributed by atoms with E-state index < -0.39 is 9.84 Å². The Kier molecular flexibility index (Phi) is 3.53. The number of rotatable bonds is 3. The molecule has 22 heavy (non-hydrogen) atoms. The van der Waals surface area contributed by atoms with Gasteiger partial charge >= 0.3 is 0 Å². The Morgan fingerprint density at radius 2 is 1.91 bits per heavy atom. The molecule has 0 saturated carbocycles. The number of H-pyrrole nitrogens is 1. The van der Waals surface area contributed by atoms with Crippen molar-refractivity contribution < 1.29 is 12.8 Å². The smallest absolute Gasteiger partial charge is 0.175 e. The van der Waals surface area contributed by atoms with Gasteiger partial charge in [0.1, 0.15) is 5.82 Å². The number of halogens is 1. The van der Waals surface area contributed by atoms with Gasteiger partial charge in [0.15, 0.2) is 9.84 Å². The number of fused-ring (bicyclic) bond motifs is 1. The molecule has 0 aliphatic heterocycles. The molecule has 1 N–H and O–H groups in total. The Bertz CT molecular complexity index is 958. The number of aryl methyl sites for hydroxylation is 1. The van der Waals surface area contributed by atoms with E-state index >= 15 is 0 Å². The van der Waals surface area contributed by atoms with E-state index in [1.54, 1.807) is 18.2 Å². The summed E-state index contributed by atoms with van der Waals surface area (Å²) in [5.41, 5.74) is 3.69. The van der Waals surface area contributed by atoms with Gasteiger partial charge in [-0.25, -0.2) is 12.8 Å². The zero-order valence-electron chi connectivity index (χ0n) is 12.4. The lowest BCUT2D eigenvalue weighted by molar-refractivity contribution is 0.602. The molecule has 0 unspecified atom stereocenters. The van der Waals surface area contributed by atoms with Gasteiger partial charge in [-0.2, -0.15) is 0 Å². The lowest BCUT2D eigenvalue weighted by atomic mass is 10.0. The van der Waals surface area contributed by atoms with Gasteiger partial charge in [-0.15, -0.1) is 0 Å². The van der Waals surface area contributed by atoms with Crippen LogP contribution >= 0.6 is 0 Å². The molecule has 3 rings (SSSR count). The second kappa shape index (κ2) is 5.25. The number of nitrogens with one attached hydrogen (secondary N) is 1. The standard InChI is InChI=1S/C17H16FNO2S/c1-11-16(9-12-4-3-5-13(18)8-12)15-7-6-14(22(2,20)21)10-17(15)19-11/h3-8,10,19H,9H2,1-2H3. The summed E-state index contributed by atoms with van der Waals surface area (Å²) < 4.78 is 36.6. The van der Waals surface area contributed by atoms with Crippen molar-refractivity contribution in [1.82, 2.24) is 4.98 Å². The predicted octanol–water partition coefficient (Wildman–Crippen LogP) is 3.61. The van der Waals surface area contributed by atoms with Crippen LogP contribution in [0.2, 0.25) is 0 Å². The van der Waals surface area contributed by atoms with E-state index in [1.807, 2.05) is 19.1 Å². The van der Waals surface area contributed by atoms with Crippen molar-refractivity contribution in [2.45, 2.75) is 18.2 Å². The SMILES string of the molecule is Cc1[nH]c2cc(S(C)(=O)=O)ccc2c1Cc1cccc(F)c1. The van der Waals surface area contributed by atoms with Gasteiger partial charge in [0.25, 0.3) is 0 Å². The molecule has 0 spiro atoms. The van der Waals surface area contributed by atoms with Crippen molar-refractivity contribution in [2.24, 2.45) is 0 Å². The van der Waals surface area contributed by atoms with Crippen LogP contribution in [0.15, 0.2) is 47.4 Å². The molecule has 0 aliphatic carbocycles. The minimum absolute atomic E-state index is 0.255. The summed E-state index contributed by atoms with van der Waals surface area (Å²) in [6, 6.07) is 11.6. The number of benzene rings is 2. The highest BCUT2D eigenvalue weighted by atomic mass is 32.2. The fourth-order valence-electron chi connectivity index (χ4n) is 2.68. The minimum Gasteiger partial charge on any atom is -0.358 e. The Morgan fingerprint density at radius 1 is 1.14 bits per heavy atom. The molecular formula is C17H16FNO2S. The zero-order chi connectivity index (χ0) is 15.9. The van der Waals surface area contributed by atoms with E-state index in [1.165, 1.54) is 18.4 Å². The van der Waals surface area contributed by atoms with E-state index in [-0.39, 0.29) is 5.82 Å². The maximum atomic E-state index is 13.3. The first kappa shape index (κ1) is 14.8. The third-order valence-corrected chi connectivity index (χ3v) is 4.90. The summed E-state index contributed by atoms with van der Waals surface area (Å²) in [6.07, 6.45) is 1.79. The molecule has 5 heteroatoms. The monoisotopic (exact) mass is 317 g/mol. The summed E-state index contributed by atoms with van der Waals surface area (Å²) in [6.45, 7) is 1.94. The maximum Gasteiger partial charge on any atom is 0.175 e. The first-order chi connectivity index (χ1) is 10.3. The van der Waals surface area contributed by atoms with E-state index in [0.717, 1.165) is 27.7 Å². The van der Waals surface area contributed by atoms with Crippen LogP contribution in [0.1, 0.15) is 16.8 Å². The van der Waals surface area contributed by atoms with Crippen LogP contribution in [0, 0.1) is 12.7 Å². The largest absolute Gasteiger partial charge is 0.358 e. The predicted molar refractivity (Wildman–Crippen MR) is 85.4 cm³/mol. The molecular weight excluding hydrogens is 301 g/mol. The van der Waals surface area contributed by atoms with Crippen LogP contribution in [-0.2, 0) is 16.3 Å². The van der Waals surface area contributed by atoms with Crippen LogP contribution in [-0.4, -0.2) is 19.7 Å². The Balaban J connectivity index is 2.09. The second-order valence-electron chi connectivity index (χ2n) is 5.51. The van der Waals surface area contributed by atoms with Gasteiger partial charge in [-0.05, 0) is 48.7 Å². The molecule has 3 aromatic rings. The van der Waals surface area contributed by atoms with Crippen LogP contribution < -0.4 is 0 Å². The average molecular weight is 317 g/mol. The number of hydrogen-bond donors (Lipinski definition) is 1. The van der Waals surface area contributed by atoms with E-state index in [9.17, 15) is 12.8 Å². The highest BCUT2D eigenvalue weighted by molar-refractivity contribution is 7.90. The van der Waals surface area contributed by atoms with Crippen molar-refractivity contribution in [2.75, 3.05) is 6.26 Å². The quantitative estimate of drug-likeness (QED) is 0.802. The van der Waals surface area contributed by atoms with Gasteiger partial charge in [-0.1, -0.05) is 18.2 Å². The topological polar surface area (TPSA) is 49.9 Å². The molecule has 1 aromatic heterocycles. The molecule has 114 valence electrons.